The van der Waals surface area contributed by atoms with E-state index in [1.54, 1.807) is 36.3 Å². The average Bonchev–Trinajstić information content (AvgIpc) is 3.16. The van der Waals surface area contributed by atoms with Crippen molar-refractivity contribution in [3.05, 3.63) is 65.0 Å². The van der Waals surface area contributed by atoms with E-state index in [-0.39, 0.29) is 0 Å². The first kappa shape index (κ1) is 16.2. The van der Waals surface area contributed by atoms with Gasteiger partial charge in [0.25, 0.3) is 0 Å². The lowest BCUT2D eigenvalue weighted by Gasteiger charge is -2.18. The van der Waals surface area contributed by atoms with Crippen LogP contribution in [0.4, 0.5) is 0 Å². The van der Waals surface area contributed by atoms with Gasteiger partial charge in [0.1, 0.15) is 24.5 Å². The van der Waals surface area contributed by atoms with E-state index in [1.807, 2.05) is 19.1 Å². The van der Waals surface area contributed by atoms with E-state index in [2.05, 4.69) is 15.2 Å². The van der Waals surface area contributed by atoms with Gasteiger partial charge >= 0.3 is 5.97 Å². The number of hydrogen-bond acceptors (Lipinski definition) is 5. The molecular weight excluding hydrogens is 330 g/mol. The molecule has 2 heterocycles. The molecule has 0 aliphatic rings. The van der Waals surface area contributed by atoms with Crippen LogP contribution in [-0.4, -0.2) is 30.5 Å². The molecule has 1 atom stereocenters. The van der Waals surface area contributed by atoms with Gasteiger partial charge in [-0.3, -0.25) is 4.68 Å². The zero-order chi connectivity index (χ0) is 17.1. The maximum Gasteiger partial charge on any atom is 0.357 e. The van der Waals surface area contributed by atoms with Crippen molar-refractivity contribution >= 4 is 17.6 Å². The van der Waals surface area contributed by atoms with E-state index < -0.39 is 12.1 Å². The molecule has 0 saturated carbocycles. The normalized spacial score (nSPS) is 12.1. The molecule has 3 aromatic rings. The summed E-state index contributed by atoms with van der Waals surface area (Å²) < 4.78 is 8.82. The van der Waals surface area contributed by atoms with Gasteiger partial charge in [0.2, 0.25) is 0 Å². The van der Waals surface area contributed by atoms with Crippen LogP contribution in [0, 0.1) is 6.92 Å². The van der Waals surface area contributed by atoms with Gasteiger partial charge in [-0.1, -0.05) is 23.7 Å². The smallest absolute Gasteiger partial charge is 0.357 e. The molecule has 0 fully saturated rings. The fraction of sp³-hybridized carbons (Fsp3) is 0.250. The van der Waals surface area contributed by atoms with Crippen LogP contribution in [0.3, 0.4) is 0 Å². The fourth-order valence-electron chi connectivity index (χ4n) is 2.38. The Kier molecular flexibility index (Phi) is 4.61. The number of carbonyl (C=O) groups excluding carboxylic acids is 1. The lowest BCUT2D eigenvalue weighted by atomic mass is 10.1. The van der Waals surface area contributed by atoms with E-state index in [0.717, 1.165) is 11.3 Å². The first-order chi connectivity index (χ1) is 11.5. The number of carbonyl (C=O) groups is 1. The molecule has 0 unspecified atom stereocenters. The van der Waals surface area contributed by atoms with Crippen LogP contribution in [0.1, 0.15) is 27.8 Å². The van der Waals surface area contributed by atoms with Crippen LogP contribution < -0.4 is 0 Å². The van der Waals surface area contributed by atoms with E-state index in [4.69, 9.17) is 16.3 Å². The second-order valence-corrected chi connectivity index (χ2v) is 5.79. The monoisotopic (exact) mass is 345 g/mol. The SMILES string of the molecule is Cc1cc(C(=O)O[C@H](Cn2cncn2)c2ccc(Cl)cc2)n(C)n1. The lowest BCUT2D eigenvalue weighted by Crippen LogP contribution is -2.19. The van der Waals surface area contributed by atoms with Gasteiger partial charge < -0.3 is 4.74 Å². The molecule has 124 valence electrons. The highest BCUT2D eigenvalue weighted by Gasteiger charge is 2.21. The van der Waals surface area contributed by atoms with Crippen molar-refractivity contribution in [2.75, 3.05) is 0 Å². The van der Waals surface area contributed by atoms with E-state index >= 15 is 0 Å². The maximum atomic E-state index is 12.5. The number of hydrogen-bond donors (Lipinski definition) is 0. The van der Waals surface area contributed by atoms with Crippen molar-refractivity contribution in [1.82, 2.24) is 24.5 Å². The van der Waals surface area contributed by atoms with Crippen LogP contribution >= 0.6 is 11.6 Å². The second kappa shape index (κ2) is 6.84. The Hall–Kier alpha value is -2.67. The number of rotatable bonds is 5. The van der Waals surface area contributed by atoms with E-state index in [1.165, 1.54) is 11.0 Å². The summed E-state index contributed by atoms with van der Waals surface area (Å²) in [6.45, 7) is 2.17. The first-order valence-electron chi connectivity index (χ1n) is 7.32. The molecule has 2 aromatic heterocycles. The quantitative estimate of drug-likeness (QED) is 0.664. The second-order valence-electron chi connectivity index (χ2n) is 5.36. The van der Waals surface area contributed by atoms with Gasteiger partial charge in [-0.2, -0.15) is 10.2 Å². The Morgan fingerprint density at radius 3 is 2.67 bits per heavy atom. The minimum Gasteiger partial charge on any atom is -0.451 e. The van der Waals surface area contributed by atoms with Crippen LogP contribution in [0.2, 0.25) is 5.02 Å². The van der Waals surface area contributed by atoms with Crippen molar-refractivity contribution in [2.45, 2.75) is 19.6 Å². The van der Waals surface area contributed by atoms with Crippen LogP contribution in [0.15, 0.2) is 43.0 Å². The van der Waals surface area contributed by atoms with Crippen LogP contribution in [0.5, 0.6) is 0 Å². The highest BCUT2D eigenvalue weighted by atomic mass is 35.5. The van der Waals surface area contributed by atoms with Gasteiger partial charge in [-0.25, -0.2) is 14.5 Å². The minimum absolute atomic E-state index is 0.351. The van der Waals surface area contributed by atoms with Gasteiger partial charge in [0, 0.05) is 12.1 Å². The number of nitrogens with zero attached hydrogens (tertiary/aromatic N) is 5. The molecule has 8 heteroatoms. The molecule has 3 rings (SSSR count). The Morgan fingerprint density at radius 1 is 1.33 bits per heavy atom. The molecule has 0 N–H and O–H groups in total. The molecule has 0 aliphatic carbocycles. The highest BCUT2D eigenvalue weighted by molar-refractivity contribution is 6.30. The molecule has 0 amide bonds. The number of aromatic nitrogens is 5. The van der Waals surface area contributed by atoms with Crippen LogP contribution in [0.25, 0.3) is 0 Å². The summed E-state index contributed by atoms with van der Waals surface area (Å²) in [5, 5.41) is 8.86. The van der Waals surface area contributed by atoms with Crippen molar-refractivity contribution in [2.24, 2.45) is 7.05 Å². The first-order valence-corrected chi connectivity index (χ1v) is 7.70. The molecule has 0 aliphatic heterocycles. The summed E-state index contributed by atoms with van der Waals surface area (Å²) in [5.41, 5.74) is 1.97. The number of aryl methyl sites for hydroxylation is 2. The third-order valence-corrected chi connectivity index (χ3v) is 3.77. The Bertz CT molecular complexity index is 827. The van der Waals surface area contributed by atoms with E-state index in [0.29, 0.717) is 17.3 Å². The summed E-state index contributed by atoms with van der Waals surface area (Å²) in [4.78, 5) is 16.4. The van der Waals surface area contributed by atoms with Crippen LogP contribution in [-0.2, 0) is 18.3 Å². The molecule has 0 spiro atoms. The predicted octanol–water partition coefficient (Wildman–Crippen LogP) is 2.57. The zero-order valence-electron chi connectivity index (χ0n) is 13.3. The summed E-state index contributed by atoms with van der Waals surface area (Å²) in [5.74, 6) is -0.446. The summed E-state index contributed by atoms with van der Waals surface area (Å²) in [6, 6.07) is 8.86. The minimum atomic E-state index is -0.522. The summed E-state index contributed by atoms with van der Waals surface area (Å²) in [6.07, 6.45) is 2.49. The van der Waals surface area contributed by atoms with Crippen molar-refractivity contribution in [3.8, 4) is 0 Å². The zero-order valence-corrected chi connectivity index (χ0v) is 14.0. The van der Waals surface area contributed by atoms with E-state index in [9.17, 15) is 4.79 Å². The number of benzene rings is 1. The third kappa shape index (κ3) is 3.62. The average molecular weight is 346 g/mol. The molecule has 0 radical (unpaired) electrons. The Morgan fingerprint density at radius 2 is 2.08 bits per heavy atom. The largest absolute Gasteiger partial charge is 0.451 e. The van der Waals surface area contributed by atoms with Gasteiger partial charge in [-0.05, 0) is 30.7 Å². The Labute approximate surface area is 143 Å². The summed E-state index contributed by atoms with van der Waals surface area (Å²) in [7, 11) is 1.71. The molecule has 24 heavy (non-hydrogen) atoms. The molecule has 1 aromatic carbocycles. The predicted molar refractivity (Wildman–Crippen MR) is 87.6 cm³/mol. The number of esters is 1. The summed E-state index contributed by atoms with van der Waals surface area (Å²) >= 11 is 5.94. The standard InChI is InChI=1S/C16H16ClN5O2/c1-11-7-14(21(2)20-11)16(23)24-15(8-22-10-18-9-19-22)12-3-5-13(17)6-4-12/h3-7,9-10,15H,8H2,1-2H3/t15-/m1/s1. The maximum absolute atomic E-state index is 12.5. The Balaban J connectivity index is 1.85. The molecule has 0 saturated heterocycles. The number of ether oxygens (including phenoxy) is 1. The lowest BCUT2D eigenvalue weighted by molar-refractivity contribution is 0.0234. The van der Waals surface area contributed by atoms with Gasteiger partial charge in [0.05, 0.1) is 12.2 Å². The molecule has 0 bridgehead atoms. The van der Waals surface area contributed by atoms with Crippen molar-refractivity contribution < 1.29 is 9.53 Å². The topological polar surface area (TPSA) is 74.8 Å². The highest BCUT2D eigenvalue weighted by Crippen LogP contribution is 2.23. The molecule has 7 nitrogen and oxygen atoms in total. The number of halogens is 1. The molecular formula is C16H16ClN5O2. The van der Waals surface area contributed by atoms with Gasteiger partial charge in [0.15, 0.2) is 0 Å². The fourth-order valence-corrected chi connectivity index (χ4v) is 2.50. The van der Waals surface area contributed by atoms with Crippen molar-refractivity contribution in [3.63, 3.8) is 0 Å². The van der Waals surface area contributed by atoms with Crippen molar-refractivity contribution in [1.29, 1.82) is 0 Å². The third-order valence-electron chi connectivity index (χ3n) is 3.52. The van der Waals surface area contributed by atoms with Gasteiger partial charge in [-0.15, -0.1) is 0 Å².